The summed E-state index contributed by atoms with van der Waals surface area (Å²) < 4.78 is 69.0. The Kier molecular flexibility index (Phi) is 10.3. The SMILES string of the molecule is CCCS(=O)(=O)Nc1c(F)ccc2c(Oc3nnccc3-c3ccnc(N[C@H]4C[C@H](F)CN(C(=O)OCc5ccccc5)C4)n3)c(C)ccc12. The number of ether oxygens (including phenoxy) is 2. The summed E-state index contributed by atoms with van der Waals surface area (Å²) in [6.07, 6.45) is 1.61. The van der Waals surface area contributed by atoms with Crippen LogP contribution in [0.25, 0.3) is 22.0 Å². The number of sulfonamides is 1. The van der Waals surface area contributed by atoms with Gasteiger partial charge in [0.25, 0.3) is 0 Å². The second-order valence-corrected chi connectivity index (χ2v) is 13.7. The second-order valence-electron chi connectivity index (χ2n) is 11.9. The normalized spacial score (nSPS) is 16.2. The Morgan fingerprint density at radius 1 is 1.02 bits per heavy atom. The number of likely N-dealkylation sites (tertiary alicyclic amines) is 1. The lowest BCUT2D eigenvalue weighted by Crippen LogP contribution is -2.50. The van der Waals surface area contributed by atoms with Crippen LogP contribution in [0.3, 0.4) is 0 Å². The van der Waals surface area contributed by atoms with Crippen molar-refractivity contribution in [3.05, 3.63) is 96.1 Å². The van der Waals surface area contributed by atoms with Gasteiger partial charge in [-0.1, -0.05) is 49.4 Å². The minimum atomic E-state index is -3.78. The molecule has 2 atom stereocenters. The van der Waals surface area contributed by atoms with Gasteiger partial charge in [-0.3, -0.25) is 4.72 Å². The quantitative estimate of drug-likeness (QED) is 0.153. The fraction of sp³-hybridized carbons (Fsp3) is 0.286. The smallest absolute Gasteiger partial charge is 0.410 e. The molecular formula is C35H35F2N7O5S. The van der Waals surface area contributed by atoms with Crippen molar-refractivity contribution in [1.29, 1.82) is 0 Å². The number of benzene rings is 3. The molecule has 0 bridgehead atoms. The number of anilines is 2. The van der Waals surface area contributed by atoms with Crippen molar-refractivity contribution < 1.29 is 31.5 Å². The van der Waals surface area contributed by atoms with Crippen LogP contribution in [0.5, 0.6) is 11.6 Å². The number of carbonyl (C=O) groups excluding carboxylic acids is 1. The zero-order chi connectivity index (χ0) is 35.3. The molecule has 1 aliphatic heterocycles. The minimum absolute atomic E-state index is 0.0782. The lowest BCUT2D eigenvalue weighted by molar-refractivity contribution is 0.0685. The molecule has 0 unspecified atom stereocenters. The molecule has 1 fully saturated rings. The third-order valence-corrected chi connectivity index (χ3v) is 9.50. The highest BCUT2D eigenvalue weighted by Crippen LogP contribution is 2.39. The Bertz CT molecular complexity index is 2110. The molecule has 12 nitrogen and oxygen atoms in total. The molecule has 2 N–H and O–H groups in total. The van der Waals surface area contributed by atoms with E-state index in [4.69, 9.17) is 9.47 Å². The third kappa shape index (κ3) is 8.05. The van der Waals surface area contributed by atoms with Crippen LogP contribution in [0.2, 0.25) is 0 Å². The monoisotopic (exact) mass is 703 g/mol. The summed E-state index contributed by atoms with van der Waals surface area (Å²) in [7, 11) is -3.78. The second kappa shape index (κ2) is 15.0. The third-order valence-electron chi connectivity index (χ3n) is 8.04. The summed E-state index contributed by atoms with van der Waals surface area (Å²) in [5.74, 6) is -0.284. The molecule has 3 heterocycles. The molecule has 5 aromatic rings. The number of aromatic nitrogens is 4. The molecule has 0 radical (unpaired) electrons. The number of carbonyl (C=O) groups is 1. The largest absolute Gasteiger partial charge is 0.445 e. The van der Waals surface area contributed by atoms with Gasteiger partial charge in [-0.15, -0.1) is 5.10 Å². The van der Waals surface area contributed by atoms with Crippen LogP contribution in [-0.4, -0.2) is 70.6 Å². The van der Waals surface area contributed by atoms with Crippen molar-refractivity contribution in [2.24, 2.45) is 0 Å². The lowest BCUT2D eigenvalue weighted by Gasteiger charge is -2.34. The van der Waals surface area contributed by atoms with Gasteiger partial charge in [0.1, 0.15) is 24.3 Å². The molecule has 1 saturated heterocycles. The van der Waals surface area contributed by atoms with Crippen molar-refractivity contribution in [3.63, 3.8) is 0 Å². The van der Waals surface area contributed by atoms with Gasteiger partial charge >= 0.3 is 6.09 Å². The standard InChI is InChI=1S/C35H35F2N7O5S/c1-3-17-50(46,47)43-31-26-10-9-22(2)32(27(26)11-12-29(31)37)49-33-28(13-16-39-42-33)30-14-15-38-34(41-30)40-25-18-24(36)19-44(20-25)35(45)48-21-23-7-5-4-6-8-23/h4-16,24-25,43H,3,17-21H2,1-2H3,(H,38,40,41)/t24-,25-/m0/s1. The Morgan fingerprint density at radius 2 is 1.82 bits per heavy atom. The molecule has 260 valence electrons. The van der Waals surface area contributed by atoms with E-state index in [0.717, 1.165) is 5.56 Å². The number of nitrogens with zero attached hydrogens (tertiary/aromatic N) is 5. The van der Waals surface area contributed by atoms with E-state index in [-0.39, 0.29) is 49.4 Å². The number of fused-ring (bicyclic) bond motifs is 1. The van der Waals surface area contributed by atoms with E-state index < -0.39 is 34.1 Å². The highest BCUT2D eigenvalue weighted by Gasteiger charge is 2.31. The topological polar surface area (TPSA) is 149 Å². The average molecular weight is 704 g/mol. The molecule has 1 amide bonds. The Labute approximate surface area is 287 Å². The first-order chi connectivity index (χ1) is 24.1. The van der Waals surface area contributed by atoms with Gasteiger partial charge in [0.2, 0.25) is 21.9 Å². The van der Waals surface area contributed by atoms with E-state index >= 15 is 0 Å². The summed E-state index contributed by atoms with van der Waals surface area (Å²) >= 11 is 0. The van der Waals surface area contributed by atoms with Crippen LogP contribution in [0.4, 0.5) is 25.2 Å². The van der Waals surface area contributed by atoms with E-state index in [9.17, 15) is 22.0 Å². The number of aryl methyl sites for hydroxylation is 1. The molecule has 0 aliphatic carbocycles. The van der Waals surface area contributed by atoms with Crippen molar-refractivity contribution in [2.75, 3.05) is 28.9 Å². The van der Waals surface area contributed by atoms with Crippen LogP contribution in [0, 0.1) is 12.7 Å². The summed E-state index contributed by atoms with van der Waals surface area (Å²) in [5, 5.41) is 12.1. The van der Waals surface area contributed by atoms with Gasteiger partial charge in [0.15, 0.2) is 0 Å². The maximum absolute atomic E-state index is 15.0. The Balaban J connectivity index is 1.22. The molecule has 0 saturated carbocycles. The predicted molar refractivity (Wildman–Crippen MR) is 185 cm³/mol. The van der Waals surface area contributed by atoms with Gasteiger partial charge in [-0.25, -0.2) is 32.0 Å². The Hall–Kier alpha value is -5.44. The first-order valence-corrected chi connectivity index (χ1v) is 17.7. The number of hydrogen-bond acceptors (Lipinski definition) is 10. The van der Waals surface area contributed by atoms with E-state index in [0.29, 0.717) is 39.8 Å². The number of nitrogens with one attached hydrogen (secondary N) is 2. The number of amides is 1. The highest BCUT2D eigenvalue weighted by molar-refractivity contribution is 7.92. The summed E-state index contributed by atoms with van der Waals surface area (Å²) in [6.45, 7) is 3.70. The molecule has 15 heteroatoms. The molecule has 1 aliphatic rings. The van der Waals surface area contributed by atoms with Crippen molar-refractivity contribution in [2.45, 2.75) is 45.5 Å². The van der Waals surface area contributed by atoms with Crippen LogP contribution < -0.4 is 14.8 Å². The van der Waals surface area contributed by atoms with Gasteiger partial charge in [0, 0.05) is 36.0 Å². The molecular weight excluding hydrogens is 668 g/mol. The van der Waals surface area contributed by atoms with E-state index in [1.165, 1.54) is 29.4 Å². The van der Waals surface area contributed by atoms with Crippen LogP contribution in [-0.2, 0) is 21.4 Å². The van der Waals surface area contributed by atoms with Gasteiger partial charge in [0.05, 0.1) is 35.4 Å². The number of halogens is 2. The van der Waals surface area contributed by atoms with Crippen molar-refractivity contribution in [1.82, 2.24) is 25.1 Å². The predicted octanol–water partition coefficient (Wildman–Crippen LogP) is 6.64. The molecule has 50 heavy (non-hydrogen) atoms. The Morgan fingerprint density at radius 3 is 2.62 bits per heavy atom. The molecule has 2 aromatic heterocycles. The lowest BCUT2D eigenvalue weighted by atomic mass is 10.0. The molecule has 0 spiro atoms. The van der Waals surface area contributed by atoms with Crippen LogP contribution >= 0.6 is 0 Å². The number of rotatable bonds is 11. The summed E-state index contributed by atoms with van der Waals surface area (Å²) in [5.41, 5.74) is 2.20. The summed E-state index contributed by atoms with van der Waals surface area (Å²) in [4.78, 5) is 23.0. The molecule has 3 aromatic carbocycles. The maximum atomic E-state index is 15.0. The number of hydrogen-bond donors (Lipinski definition) is 2. The zero-order valence-corrected chi connectivity index (χ0v) is 28.2. The van der Waals surface area contributed by atoms with Crippen LogP contribution in [0.15, 0.2) is 79.1 Å². The number of piperidine rings is 1. The highest BCUT2D eigenvalue weighted by atomic mass is 32.2. The average Bonchev–Trinajstić information content (AvgIpc) is 3.10. The zero-order valence-electron chi connectivity index (χ0n) is 27.3. The van der Waals surface area contributed by atoms with Gasteiger partial charge < -0.3 is 19.7 Å². The van der Waals surface area contributed by atoms with E-state index in [2.05, 4.69) is 30.2 Å². The first-order valence-electron chi connectivity index (χ1n) is 16.0. The van der Waals surface area contributed by atoms with E-state index in [1.807, 2.05) is 30.3 Å². The fourth-order valence-electron chi connectivity index (χ4n) is 5.72. The number of alkyl halides is 1. The minimum Gasteiger partial charge on any atom is -0.445 e. The van der Waals surface area contributed by atoms with E-state index in [1.54, 1.807) is 38.1 Å². The van der Waals surface area contributed by atoms with Gasteiger partial charge in [-0.05, 0) is 48.7 Å². The van der Waals surface area contributed by atoms with Gasteiger partial charge in [-0.2, -0.15) is 5.10 Å². The molecule has 6 rings (SSSR count). The maximum Gasteiger partial charge on any atom is 0.410 e. The fourth-order valence-corrected chi connectivity index (χ4v) is 6.88. The van der Waals surface area contributed by atoms with Crippen LogP contribution in [0.1, 0.15) is 30.9 Å². The van der Waals surface area contributed by atoms with Crippen molar-refractivity contribution in [3.8, 4) is 22.9 Å². The summed E-state index contributed by atoms with van der Waals surface area (Å²) in [6, 6.07) is 18.1. The van der Waals surface area contributed by atoms with Crippen molar-refractivity contribution >= 4 is 38.5 Å². The first kappa shape index (κ1) is 34.4.